The van der Waals surface area contributed by atoms with E-state index in [1.807, 2.05) is 0 Å². The zero-order chi connectivity index (χ0) is 13.9. The average Bonchev–Trinajstić information content (AvgIpc) is 2.39. The second-order valence-electron chi connectivity index (χ2n) is 3.87. The predicted octanol–water partition coefficient (Wildman–Crippen LogP) is 2.74. The van der Waals surface area contributed by atoms with E-state index in [0.717, 1.165) is 4.47 Å². The summed E-state index contributed by atoms with van der Waals surface area (Å²) in [5.41, 5.74) is 0.913. The SMILES string of the molecule is O=S(=O)(Nc1ccccc1CO)c1ccc(Br)cc1. The molecule has 2 aromatic rings. The van der Waals surface area contributed by atoms with Crippen molar-refractivity contribution in [1.82, 2.24) is 0 Å². The van der Waals surface area contributed by atoms with Gasteiger partial charge in [-0.05, 0) is 30.3 Å². The van der Waals surface area contributed by atoms with E-state index in [2.05, 4.69) is 20.7 Å². The van der Waals surface area contributed by atoms with Crippen LogP contribution in [0.4, 0.5) is 5.69 Å². The van der Waals surface area contributed by atoms with Crippen molar-refractivity contribution >= 4 is 31.6 Å². The third kappa shape index (κ3) is 3.34. The van der Waals surface area contributed by atoms with Gasteiger partial charge in [-0.3, -0.25) is 4.72 Å². The summed E-state index contributed by atoms with van der Waals surface area (Å²) in [7, 11) is -3.64. The van der Waals surface area contributed by atoms with Crippen LogP contribution in [-0.4, -0.2) is 13.5 Å². The molecule has 0 spiro atoms. The van der Waals surface area contributed by atoms with Gasteiger partial charge in [-0.2, -0.15) is 0 Å². The Labute approximate surface area is 120 Å². The van der Waals surface area contributed by atoms with Crippen LogP contribution in [0.1, 0.15) is 5.56 Å². The molecule has 0 radical (unpaired) electrons. The molecule has 0 aliphatic heterocycles. The highest BCUT2D eigenvalue weighted by molar-refractivity contribution is 9.10. The maximum Gasteiger partial charge on any atom is 0.261 e. The summed E-state index contributed by atoms with van der Waals surface area (Å²) in [6.07, 6.45) is 0. The highest BCUT2D eigenvalue weighted by Gasteiger charge is 2.15. The standard InChI is InChI=1S/C13H12BrNO3S/c14-11-5-7-12(8-6-11)19(17,18)15-13-4-2-1-3-10(13)9-16/h1-8,15-16H,9H2. The smallest absolute Gasteiger partial charge is 0.261 e. The van der Waals surface area contributed by atoms with E-state index in [-0.39, 0.29) is 11.5 Å². The largest absolute Gasteiger partial charge is 0.392 e. The Bertz CT molecular complexity index is 669. The van der Waals surface area contributed by atoms with Crippen molar-refractivity contribution < 1.29 is 13.5 Å². The first-order chi connectivity index (χ1) is 9.03. The number of rotatable bonds is 4. The Morgan fingerprint density at radius 1 is 1.05 bits per heavy atom. The van der Waals surface area contributed by atoms with Gasteiger partial charge >= 0.3 is 0 Å². The van der Waals surface area contributed by atoms with Gasteiger partial charge < -0.3 is 5.11 Å². The zero-order valence-electron chi connectivity index (χ0n) is 9.88. The Morgan fingerprint density at radius 3 is 2.32 bits per heavy atom. The van der Waals surface area contributed by atoms with Crippen LogP contribution >= 0.6 is 15.9 Å². The van der Waals surface area contributed by atoms with Gasteiger partial charge in [-0.15, -0.1) is 0 Å². The number of aliphatic hydroxyl groups excluding tert-OH is 1. The Kier molecular flexibility index (Phi) is 4.24. The lowest BCUT2D eigenvalue weighted by molar-refractivity contribution is 0.282. The van der Waals surface area contributed by atoms with E-state index in [4.69, 9.17) is 0 Å². The Balaban J connectivity index is 2.34. The number of hydrogen-bond donors (Lipinski definition) is 2. The van der Waals surface area contributed by atoms with E-state index < -0.39 is 10.0 Å². The van der Waals surface area contributed by atoms with E-state index in [9.17, 15) is 13.5 Å². The molecule has 0 saturated heterocycles. The number of aliphatic hydroxyl groups is 1. The molecule has 0 aliphatic rings. The molecule has 0 atom stereocenters. The fourth-order valence-electron chi connectivity index (χ4n) is 1.58. The number of halogens is 1. The van der Waals surface area contributed by atoms with Gasteiger partial charge in [0.25, 0.3) is 10.0 Å². The van der Waals surface area contributed by atoms with Crippen LogP contribution in [0.25, 0.3) is 0 Å². The quantitative estimate of drug-likeness (QED) is 0.898. The van der Waals surface area contributed by atoms with Gasteiger partial charge in [0.05, 0.1) is 17.2 Å². The molecule has 0 fully saturated rings. The van der Waals surface area contributed by atoms with Crippen molar-refractivity contribution in [3.8, 4) is 0 Å². The maximum atomic E-state index is 12.2. The van der Waals surface area contributed by atoms with Gasteiger partial charge in [0, 0.05) is 10.0 Å². The number of nitrogens with one attached hydrogen (secondary N) is 1. The molecule has 0 bridgehead atoms. The molecule has 2 aromatic carbocycles. The average molecular weight is 342 g/mol. The second-order valence-corrected chi connectivity index (χ2v) is 6.47. The molecule has 6 heteroatoms. The minimum atomic E-state index is -3.64. The van der Waals surface area contributed by atoms with E-state index >= 15 is 0 Å². The third-order valence-electron chi connectivity index (χ3n) is 2.56. The van der Waals surface area contributed by atoms with E-state index in [1.165, 1.54) is 12.1 Å². The molecular weight excluding hydrogens is 330 g/mol. The predicted molar refractivity (Wildman–Crippen MR) is 77.3 cm³/mol. The van der Waals surface area contributed by atoms with Crippen molar-refractivity contribution in [1.29, 1.82) is 0 Å². The summed E-state index contributed by atoms with van der Waals surface area (Å²) >= 11 is 3.25. The van der Waals surface area contributed by atoms with Crippen LogP contribution in [0.2, 0.25) is 0 Å². The van der Waals surface area contributed by atoms with Crippen molar-refractivity contribution in [2.45, 2.75) is 11.5 Å². The number of para-hydroxylation sites is 1. The van der Waals surface area contributed by atoms with Gasteiger partial charge in [0.1, 0.15) is 0 Å². The first kappa shape index (κ1) is 14.0. The summed E-state index contributed by atoms with van der Waals surface area (Å²) in [4.78, 5) is 0.170. The van der Waals surface area contributed by atoms with Gasteiger partial charge in [-0.1, -0.05) is 34.1 Å². The molecule has 19 heavy (non-hydrogen) atoms. The van der Waals surface area contributed by atoms with Crippen LogP contribution in [0, 0.1) is 0 Å². The minimum absolute atomic E-state index is 0.170. The van der Waals surface area contributed by atoms with E-state index in [1.54, 1.807) is 36.4 Å². The summed E-state index contributed by atoms with van der Waals surface area (Å²) in [6.45, 7) is -0.223. The molecule has 0 aliphatic carbocycles. The lowest BCUT2D eigenvalue weighted by Gasteiger charge is -2.11. The topological polar surface area (TPSA) is 66.4 Å². The van der Waals surface area contributed by atoms with Gasteiger partial charge in [0.15, 0.2) is 0 Å². The number of benzene rings is 2. The summed E-state index contributed by atoms with van der Waals surface area (Å²) < 4.78 is 27.6. The first-order valence-corrected chi connectivity index (χ1v) is 7.78. The molecule has 4 nitrogen and oxygen atoms in total. The number of sulfonamides is 1. The maximum absolute atomic E-state index is 12.2. The third-order valence-corrected chi connectivity index (χ3v) is 4.47. The second kappa shape index (κ2) is 5.73. The molecule has 0 heterocycles. The van der Waals surface area contributed by atoms with Crippen molar-refractivity contribution in [3.05, 3.63) is 58.6 Å². The zero-order valence-corrected chi connectivity index (χ0v) is 12.3. The number of hydrogen-bond acceptors (Lipinski definition) is 3. The van der Waals surface area contributed by atoms with Gasteiger partial charge in [-0.25, -0.2) is 8.42 Å². The molecule has 0 saturated carbocycles. The monoisotopic (exact) mass is 341 g/mol. The molecule has 0 aromatic heterocycles. The van der Waals surface area contributed by atoms with Crippen molar-refractivity contribution in [2.75, 3.05) is 4.72 Å². The lowest BCUT2D eigenvalue weighted by Crippen LogP contribution is -2.14. The molecule has 2 N–H and O–H groups in total. The molecular formula is C13H12BrNO3S. The summed E-state index contributed by atoms with van der Waals surface area (Å²) in [5, 5.41) is 9.18. The normalized spacial score (nSPS) is 11.3. The Morgan fingerprint density at radius 2 is 1.68 bits per heavy atom. The van der Waals surface area contributed by atoms with Crippen LogP contribution in [0.5, 0.6) is 0 Å². The first-order valence-electron chi connectivity index (χ1n) is 5.50. The van der Waals surface area contributed by atoms with Crippen LogP contribution in [-0.2, 0) is 16.6 Å². The summed E-state index contributed by atoms with van der Waals surface area (Å²) in [5.74, 6) is 0. The van der Waals surface area contributed by atoms with Crippen molar-refractivity contribution in [2.24, 2.45) is 0 Å². The number of anilines is 1. The highest BCUT2D eigenvalue weighted by Crippen LogP contribution is 2.21. The lowest BCUT2D eigenvalue weighted by atomic mass is 10.2. The molecule has 100 valence electrons. The minimum Gasteiger partial charge on any atom is -0.392 e. The van der Waals surface area contributed by atoms with Crippen LogP contribution in [0.3, 0.4) is 0 Å². The fourth-order valence-corrected chi connectivity index (χ4v) is 2.94. The van der Waals surface area contributed by atoms with Crippen LogP contribution < -0.4 is 4.72 Å². The summed E-state index contributed by atoms with van der Waals surface area (Å²) in [6, 6.07) is 13.1. The van der Waals surface area contributed by atoms with E-state index in [0.29, 0.717) is 11.3 Å². The fraction of sp³-hybridized carbons (Fsp3) is 0.0769. The molecule has 2 rings (SSSR count). The van der Waals surface area contributed by atoms with Crippen LogP contribution in [0.15, 0.2) is 57.9 Å². The van der Waals surface area contributed by atoms with Crippen molar-refractivity contribution in [3.63, 3.8) is 0 Å². The van der Waals surface area contributed by atoms with Gasteiger partial charge in [0.2, 0.25) is 0 Å². The molecule has 0 unspecified atom stereocenters. The molecule has 0 amide bonds. The Hall–Kier alpha value is -1.37. The highest BCUT2D eigenvalue weighted by atomic mass is 79.9.